The van der Waals surface area contributed by atoms with Crippen molar-refractivity contribution >= 4 is 17.2 Å². The van der Waals surface area contributed by atoms with Gasteiger partial charge in [0.15, 0.2) is 0 Å². The normalized spacial score (nSPS) is 10.4. The Hall–Kier alpha value is -2.84. The van der Waals surface area contributed by atoms with Crippen molar-refractivity contribution in [1.82, 2.24) is 4.90 Å². The molecule has 126 valence electrons. The number of carbonyl (C=O) groups excluding carboxylic acids is 1. The Kier molecular flexibility index (Phi) is 5.65. The predicted octanol–water partition coefficient (Wildman–Crippen LogP) is 4.37. The van der Waals surface area contributed by atoms with Gasteiger partial charge in [-0.15, -0.1) is 11.3 Å². The number of amides is 1. The summed E-state index contributed by atoms with van der Waals surface area (Å²) in [6.45, 7) is 1.06. The van der Waals surface area contributed by atoms with E-state index < -0.39 is 0 Å². The van der Waals surface area contributed by atoms with Crippen molar-refractivity contribution < 1.29 is 9.21 Å². The lowest BCUT2D eigenvalue weighted by Gasteiger charge is -2.21. The number of aryl methyl sites for hydroxylation is 1. The predicted molar refractivity (Wildman–Crippen MR) is 96.8 cm³/mol. The van der Waals surface area contributed by atoms with Gasteiger partial charge < -0.3 is 9.32 Å². The molecule has 25 heavy (non-hydrogen) atoms. The molecule has 0 saturated carbocycles. The van der Waals surface area contributed by atoms with Crippen LogP contribution in [0.15, 0.2) is 64.6 Å². The fourth-order valence-electron chi connectivity index (χ4n) is 2.57. The zero-order chi connectivity index (χ0) is 17.5. The van der Waals surface area contributed by atoms with Gasteiger partial charge in [-0.1, -0.05) is 18.2 Å². The number of rotatable bonds is 7. The molecule has 0 N–H and O–H groups in total. The minimum Gasteiger partial charge on any atom is -0.467 e. The van der Waals surface area contributed by atoms with E-state index in [-0.39, 0.29) is 5.91 Å². The summed E-state index contributed by atoms with van der Waals surface area (Å²) < 4.78 is 5.40. The van der Waals surface area contributed by atoms with Crippen LogP contribution in [0.4, 0.5) is 0 Å². The van der Waals surface area contributed by atoms with Crippen molar-refractivity contribution in [3.05, 3.63) is 81.9 Å². The molecular weight excluding hydrogens is 332 g/mol. The number of furan rings is 1. The highest BCUT2D eigenvalue weighted by Crippen LogP contribution is 2.17. The van der Waals surface area contributed by atoms with Crippen molar-refractivity contribution in [3.8, 4) is 6.07 Å². The molecule has 0 spiro atoms. The van der Waals surface area contributed by atoms with Crippen LogP contribution in [0.2, 0.25) is 0 Å². The van der Waals surface area contributed by atoms with Gasteiger partial charge in [0.25, 0.3) is 0 Å². The lowest BCUT2D eigenvalue weighted by Crippen LogP contribution is -2.29. The standard InChI is InChI=1S/C20H18N2O2S/c21-13-17-7-5-16(6-8-17)9-10-20(23)22(14-18-3-1-11-24-18)15-19-4-2-12-25-19/h1-8,11-12H,9-10,14-15H2. The maximum atomic E-state index is 12.7. The highest BCUT2D eigenvalue weighted by Gasteiger charge is 2.16. The van der Waals surface area contributed by atoms with Gasteiger partial charge in [0.05, 0.1) is 31.0 Å². The van der Waals surface area contributed by atoms with Crippen LogP contribution in [0.1, 0.15) is 28.2 Å². The van der Waals surface area contributed by atoms with Crippen LogP contribution in [-0.4, -0.2) is 10.8 Å². The molecule has 2 heterocycles. The average molecular weight is 350 g/mol. The number of carbonyl (C=O) groups is 1. The topological polar surface area (TPSA) is 57.2 Å². The highest BCUT2D eigenvalue weighted by atomic mass is 32.1. The van der Waals surface area contributed by atoms with Crippen molar-refractivity contribution in [2.45, 2.75) is 25.9 Å². The molecule has 0 aliphatic carbocycles. The smallest absolute Gasteiger partial charge is 0.223 e. The monoisotopic (exact) mass is 350 g/mol. The highest BCUT2D eigenvalue weighted by molar-refractivity contribution is 7.09. The van der Waals surface area contributed by atoms with Gasteiger partial charge >= 0.3 is 0 Å². The molecule has 0 aliphatic heterocycles. The molecule has 4 nitrogen and oxygen atoms in total. The molecule has 2 aromatic heterocycles. The van der Waals surface area contributed by atoms with E-state index in [1.165, 1.54) is 0 Å². The van der Waals surface area contributed by atoms with Crippen LogP contribution >= 0.6 is 11.3 Å². The molecule has 0 radical (unpaired) electrons. The molecule has 0 atom stereocenters. The van der Waals surface area contributed by atoms with Crippen molar-refractivity contribution in [1.29, 1.82) is 5.26 Å². The van der Waals surface area contributed by atoms with Gasteiger partial charge in [0.2, 0.25) is 5.91 Å². The Morgan fingerprint density at radius 1 is 1.12 bits per heavy atom. The number of benzene rings is 1. The van der Waals surface area contributed by atoms with Crippen molar-refractivity contribution in [2.75, 3.05) is 0 Å². The SMILES string of the molecule is N#Cc1ccc(CCC(=O)N(Cc2ccco2)Cc2cccs2)cc1. The Morgan fingerprint density at radius 2 is 1.96 bits per heavy atom. The van der Waals surface area contributed by atoms with E-state index in [0.717, 1.165) is 16.2 Å². The van der Waals surface area contributed by atoms with Gasteiger partial charge in [0.1, 0.15) is 5.76 Å². The molecular formula is C20H18N2O2S. The first-order valence-electron chi connectivity index (χ1n) is 8.06. The molecule has 0 bridgehead atoms. The van der Waals surface area contributed by atoms with E-state index in [4.69, 9.17) is 9.68 Å². The van der Waals surface area contributed by atoms with Gasteiger partial charge in [-0.05, 0) is 47.7 Å². The minimum atomic E-state index is 0.0918. The number of hydrogen-bond acceptors (Lipinski definition) is 4. The summed E-state index contributed by atoms with van der Waals surface area (Å²) in [5.74, 6) is 0.873. The quantitative estimate of drug-likeness (QED) is 0.635. The maximum Gasteiger partial charge on any atom is 0.223 e. The Balaban J connectivity index is 1.64. The van der Waals surface area contributed by atoms with Crippen LogP contribution in [-0.2, 0) is 24.3 Å². The molecule has 0 fully saturated rings. The molecule has 3 rings (SSSR count). The Labute approximate surface area is 150 Å². The van der Waals surface area contributed by atoms with Gasteiger partial charge in [0, 0.05) is 11.3 Å². The van der Waals surface area contributed by atoms with E-state index in [2.05, 4.69) is 6.07 Å². The second kappa shape index (κ2) is 8.32. The van der Waals surface area contributed by atoms with E-state index in [1.54, 1.807) is 29.7 Å². The zero-order valence-electron chi connectivity index (χ0n) is 13.7. The van der Waals surface area contributed by atoms with E-state index in [9.17, 15) is 4.79 Å². The molecule has 1 amide bonds. The molecule has 1 aromatic carbocycles. The Bertz CT molecular complexity index is 795. The molecule has 5 heteroatoms. The third kappa shape index (κ3) is 4.82. The first-order chi connectivity index (χ1) is 12.2. The third-order valence-corrected chi connectivity index (χ3v) is 4.78. The van der Waals surface area contributed by atoms with Crippen LogP contribution in [0, 0.1) is 11.3 Å². The largest absolute Gasteiger partial charge is 0.467 e. The van der Waals surface area contributed by atoms with Crippen LogP contribution < -0.4 is 0 Å². The summed E-state index contributed by atoms with van der Waals surface area (Å²) in [5, 5.41) is 10.9. The van der Waals surface area contributed by atoms with Crippen molar-refractivity contribution in [2.24, 2.45) is 0 Å². The lowest BCUT2D eigenvalue weighted by atomic mass is 10.1. The molecule has 0 saturated heterocycles. The van der Waals surface area contributed by atoms with Gasteiger partial charge in [-0.3, -0.25) is 4.79 Å². The summed E-state index contributed by atoms with van der Waals surface area (Å²) in [6.07, 6.45) is 2.71. The van der Waals surface area contributed by atoms with Crippen LogP contribution in [0.3, 0.4) is 0 Å². The summed E-state index contributed by atoms with van der Waals surface area (Å²) in [4.78, 5) is 15.7. The number of thiophene rings is 1. The Morgan fingerprint density at radius 3 is 2.60 bits per heavy atom. The zero-order valence-corrected chi connectivity index (χ0v) is 14.5. The number of hydrogen-bond donors (Lipinski definition) is 0. The van der Waals surface area contributed by atoms with Crippen molar-refractivity contribution in [3.63, 3.8) is 0 Å². The third-order valence-electron chi connectivity index (χ3n) is 3.92. The van der Waals surface area contributed by atoms with E-state index in [0.29, 0.717) is 31.5 Å². The maximum absolute atomic E-state index is 12.7. The average Bonchev–Trinajstić information content (AvgIpc) is 3.33. The minimum absolute atomic E-state index is 0.0918. The second-order valence-electron chi connectivity index (χ2n) is 5.72. The molecule has 0 unspecified atom stereocenters. The van der Waals surface area contributed by atoms with Gasteiger partial charge in [-0.25, -0.2) is 0 Å². The number of nitriles is 1. The first kappa shape index (κ1) is 17.0. The molecule has 3 aromatic rings. The number of nitrogens with zero attached hydrogens (tertiary/aromatic N) is 2. The summed E-state index contributed by atoms with van der Waals surface area (Å²) in [6, 6.07) is 17.2. The first-order valence-corrected chi connectivity index (χ1v) is 8.94. The summed E-state index contributed by atoms with van der Waals surface area (Å²) in [5.41, 5.74) is 1.69. The molecule has 0 aliphatic rings. The fraction of sp³-hybridized carbons (Fsp3) is 0.200. The van der Waals surface area contributed by atoms with Gasteiger partial charge in [-0.2, -0.15) is 5.26 Å². The lowest BCUT2D eigenvalue weighted by molar-refractivity contribution is -0.132. The van der Waals surface area contributed by atoms with E-state index in [1.807, 2.05) is 46.7 Å². The van der Waals surface area contributed by atoms with Crippen LogP contribution in [0.5, 0.6) is 0 Å². The van der Waals surface area contributed by atoms with Crippen LogP contribution in [0.25, 0.3) is 0 Å². The summed E-state index contributed by atoms with van der Waals surface area (Å²) in [7, 11) is 0. The van der Waals surface area contributed by atoms with E-state index >= 15 is 0 Å². The summed E-state index contributed by atoms with van der Waals surface area (Å²) >= 11 is 1.64. The fourth-order valence-corrected chi connectivity index (χ4v) is 3.29. The second-order valence-corrected chi connectivity index (χ2v) is 6.75.